The monoisotopic (exact) mass is 390 g/mol. The Hall–Kier alpha value is -3.65. The van der Waals surface area contributed by atoms with Gasteiger partial charge in [0.1, 0.15) is 9.71 Å². The molecule has 0 atom stereocenters. The largest absolute Gasteiger partial charge is 0.454 e. The Balaban J connectivity index is 1.46. The molecule has 0 bridgehead atoms. The van der Waals surface area contributed by atoms with E-state index in [-0.39, 0.29) is 12.7 Å². The normalized spacial score (nSPS) is 12.3. The quantitative estimate of drug-likeness (QED) is 0.550. The number of thiophene rings is 1. The lowest BCUT2D eigenvalue weighted by atomic mass is 10.1. The molecule has 1 aromatic carbocycles. The SMILES string of the molecule is Nc1c(C(=O)Nc2ccc3c(c2)OCO3)sc2nc(-c3cccnc3)ccc12. The second kappa shape index (κ2) is 6.50. The van der Waals surface area contributed by atoms with Gasteiger partial charge < -0.3 is 20.5 Å². The van der Waals surface area contributed by atoms with Crippen LogP contribution in [0.2, 0.25) is 0 Å². The second-order valence-corrected chi connectivity index (χ2v) is 7.16. The molecule has 138 valence electrons. The summed E-state index contributed by atoms with van der Waals surface area (Å²) in [7, 11) is 0. The van der Waals surface area contributed by atoms with Crippen molar-refractivity contribution in [1.29, 1.82) is 0 Å². The molecule has 1 aliphatic heterocycles. The molecule has 4 heterocycles. The van der Waals surface area contributed by atoms with E-state index >= 15 is 0 Å². The summed E-state index contributed by atoms with van der Waals surface area (Å²) in [6.07, 6.45) is 3.46. The molecule has 1 aliphatic rings. The Bertz CT molecular complexity index is 1210. The minimum atomic E-state index is -0.290. The number of rotatable bonds is 3. The number of ether oxygens (including phenoxy) is 2. The van der Waals surface area contributed by atoms with E-state index in [0.29, 0.717) is 32.6 Å². The van der Waals surface area contributed by atoms with Crippen LogP contribution in [-0.4, -0.2) is 22.7 Å². The van der Waals surface area contributed by atoms with Crippen LogP contribution >= 0.6 is 11.3 Å². The van der Waals surface area contributed by atoms with Gasteiger partial charge in [0, 0.05) is 35.1 Å². The summed E-state index contributed by atoms with van der Waals surface area (Å²) in [4.78, 5) is 22.7. The molecule has 5 rings (SSSR count). The Labute approximate surface area is 163 Å². The number of anilines is 2. The van der Waals surface area contributed by atoms with E-state index in [2.05, 4.69) is 15.3 Å². The molecule has 0 saturated heterocycles. The predicted molar refractivity (Wildman–Crippen MR) is 108 cm³/mol. The number of nitrogen functional groups attached to an aromatic ring is 1. The highest BCUT2D eigenvalue weighted by Gasteiger charge is 2.19. The molecule has 0 radical (unpaired) electrons. The molecule has 3 N–H and O–H groups in total. The number of fused-ring (bicyclic) bond motifs is 2. The number of hydrogen-bond acceptors (Lipinski definition) is 7. The number of aromatic nitrogens is 2. The first-order valence-corrected chi connectivity index (χ1v) is 9.31. The average Bonchev–Trinajstić information content (AvgIpc) is 3.32. The van der Waals surface area contributed by atoms with Gasteiger partial charge in [-0.25, -0.2) is 4.98 Å². The van der Waals surface area contributed by atoms with Gasteiger partial charge in [-0.15, -0.1) is 11.3 Å². The number of carbonyl (C=O) groups is 1. The molecule has 0 spiro atoms. The Morgan fingerprint density at radius 2 is 2.04 bits per heavy atom. The molecular formula is C20H14N4O3S. The van der Waals surface area contributed by atoms with Crippen molar-refractivity contribution in [3.05, 3.63) is 59.7 Å². The van der Waals surface area contributed by atoms with Crippen molar-refractivity contribution in [1.82, 2.24) is 9.97 Å². The van der Waals surface area contributed by atoms with E-state index in [1.54, 1.807) is 30.6 Å². The number of amides is 1. The van der Waals surface area contributed by atoms with Crippen LogP contribution in [0.25, 0.3) is 21.5 Å². The predicted octanol–water partition coefficient (Wildman–Crippen LogP) is 3.92. The minimum absolute atomic E-state index is 0.181. The molecule has 7 nitrogen and oxygen atoms in total. The molecule has 0 unspecified atom stereocenters. The third kappa shape index (κ3) is 2.80. The van der Waals surface area contributed by atoms with Gasteiger partial charge in [0.15, 0.2) is 11.5 Å². The van der Waals surface area contributed by atoms with Gasteiger partial charge in [-0.3, -0.25) is 9.78 Å². The third-order valence-electron chi connectivity index (χ3n) is 4.39. The van der Waals surface area contributed by atoms with E-state index < -0.39 is 0 Å². The van der Waals surface area contributed by atoms with Crippen LogP contribution in [0.1, 0.15) is 9.67 Å². The van der Waals surface area contributed by atoms with E-state index in [1.807, 2.05) is 24.3 Å². The first-order valence-electron chi connectivity index (χ1n) is 8.49. The first kappa shape index (κ1) is 16.5. The standard InChI is InChI=1S/C20H14N4O3S/c21-17-13-4-5-14(11-2-1-7-22-9-11)24-20(13)28-18(17)19(25)23-12-3-6-15-16(8-12)27-10-26-15/h1-9H,10,21H2,(H,23,25). The van der Waals surface area contributed by atoms with Crippen molar-refractivity contribution in [2.24, 2.45) is 0 Å². The smallest absolute Gasteiger partial charge is 0.267 e. The summed E-state index contributed by atoms with van der Waals surface area (Å²) < 4.78 is 10.6. The number of benzene rings is 1. The minimum Gasteiger partial charge on any atom is -0.454 e. The van der Waals surface area contributed by atoms with Crippen molar-refractivity contribution in [2.45, 2.75) is 0 Å². The van der Waals surface area contributed by atoms with Gasteiger partial charge in [0.05, 0.1) is 11.4 Å². The van der Waals surface area contributed by atoms with Crippen molar-refractivity contribution >= 4 is 38.8 Å². The van der Waals surface area contributed by atoms with Gasteiger partial charge in [-0.2, -0.15) is 0 Å². The zero-order valence-corrected chi connectivity index (χ0v) is 15.3. The van der Waals surface area contributed by atoms with Crippen LogP contribution in [0, 0.1) is 0 Å². The summed E-state index contributed by atoms with van der Waals surface area (Å²) >= 11 is 1.26. The van der Waals surface area contributed by atoms with Crippen LogP contribution in [0.15, 0.2) is 54.9 Å². The van der Waals surface area contributed by atoms with E-state index in [9.17, 15) is 4.79 Å². The molecule has 4 aromatic rings. The zero-order chi connectivity index (χ0) is 19.1. The van der Waals surface area contributed by atoms with Gasteiger partial charge in [-0.1, -0.05) is 0 Å². The van der Waals surface area contributed by atoms with Crippen LogP contribution in [0.5, 0.6) is 11.5 Å². The topological polar surface area (TPSA) is 99.4 Å². The van der Waals surface area contributed by atoms with E-state index in [4.69, 9.17) is 15.2 Å². The number of hydrogen-bond donors (Lipinski definition) is 2. The highest BCUT2D eigenvalue weighted by molar-refractivity contribution is 7.21. The fourth-order valence-electron chi connectivity index (χ4n) is 3.00. The van der Waals surface area contributed by atoms with Crippen LogP contribution in [0.4, 0.5) is 11.4 Å². The Kier molecular flexibility index (Phi) is 3.84. The maximum absolute atomic E-state index is 12.8. The molecule has 1 amide bonds. The molecule has 0 fully saturated rings. The maximum atomic E-state index is 12.8. The summed E-state index contributed by atoms with van der Waals surface area (Å²) in [6.45, 7) is 0.181. The third-order valence-corrected chi connectivity index (χ3v) is 5.50. The van der Waals surface area contributed by atoms with Gasteiger partial charge >= 0.3 is 0 Å². The molecule has 0 aliphatic carbocycles. The summed E-state index contributed by atoms with van der Waals surface area (Å²) in [5.41, 5.74) is 8.94. The highest BCUT2D eigenvalue weighted by Crippen LogP contribution is 2.36. The van der Waals surface area contributed by atoms with Gasteiger partial charge in [0.25, 0.3) is 5.91 Å². The highest BCUT2D eigenvalue weighted by atomic mass is 32.1. The summed E-state index contributed by atoms with van der Waals surface area (Å²) in [5, 5.41) is 3.61. The lowest BCUT2D eigenvalue weighted by Gasteiger charge is -2.05. The zero-order valence-electron chi connectivity index (χ0n) is 14.5. The molecule has 3 aromatic heterocycles. The van der Waals surface area contributed by atoms with Crippen LogP contribution in [0.3, 0.4) is 0 Å². The van der Waals surface area contributed by atoms with E-state index in [1.165, 1.54) is 11.3 Å². The lowest BCUT2D eigenvalue weighted by molar-refractivity contribution is 0.103. The maximum Gasteiger partial charge on any atom is 0.267 e. The number of nitrogens with two attached hydrogens (primary N) is 1. The van der Waals surface area contributed by atoms with Crippen molar-refractivity contribution in [3.63, 3.8) is 0 Å². The summed E-state index contributed by atoms with van der Waals surface area (Å²) in [5.74, 6) is 0.971. The van der Waals surface area contributed by atoms with E-state index in [0.717, 1.165) is 16.6 Å². The number of nitrogens with one attached hydrogen (secondary N) is 1. The molecule has 28 heavy (non-hydrogen) atoms. The van der Waals surface area contributed by atoms with Crippen LogP contribution < -0.4 is 20.5 Å². The number of nitrogens with zero attached hydrogens (tertiary/aromatic N) is 2. The van der Waals surface area contributed by atoms with Crippen molar-refractivity contribution in [3.8, 4) is 22.8 Å². The number of pyridine rings is 2. The Morgan fingerprint density at radius 3 is 2.89 bits per heavy atom. The molecule has 0 saturated carbocycles. The number of carbonyl (C=O) groups excluding carboxylic acids is 1. The average molecular weight is 390 g/mol. The van der Waals surface area contributed by atoms with Crippen molar-refractivity contribution < 1.29 is 14.3 Å². The van der Waals surface area contributed by atoms with Gasteiger partial charge in [-0.05, 0) is 36.4 Å². The van der Waals surface area contributed by atoms with Crippen LogP contribution in [-0.2, 0) is 0 Å². The molecule has 8 heteroatoms. The van der Waals surface area contributed by atoms with Crippen molar-refractivity contribution in [2.75, 3.05) is 17.8 Å². The summed E-state index contributed by atoms with van der Waals surface area (Å²) in [6, 6.07) is 12.8. The fourth-order valence-corrected chi connectivity index (χ4v) is 3.99. The first-order chi connectivity index (χ1) is 13.7. The Morgan fingerprint density at radius 1 is 1.14 bits per heavy atom. The lowest BCUT2D eigenvalue weighted by Crippen LogP contribution is -2.11. The second-order valence-electron chi connectivity index (χ2n) is 6.16. The fraction of sp³-hybridized carbons (Fsp3) is 0.0500. The van der Waals surface area contributed by atoms with Gasteiger partial charge in [0.2, 0.25) is 6.79 Å². The molecular weight excluding hydrogens is 376 g/mol.